The van der Waals surface area contributed by atoms with E-state index in [0.717, 1.165) is 0 Å². The number of pyridine rings is 1. The summed E-state index contributed by atoms with van der Waals surface area (Å²) in [5.41, 5.74) is 1.69. The quantitative estimate of drug-likeness (QED) is 0.453. The molecule has 4 aromatic rings. The molecule has 1 aliphatic rings. The van der Waals surface area contributed by atoms with E-state index in [4.69, 9.17) is 23.2 Å². The molecule has 0 saturated heterocycles. The smallest absolute Gasteiger partial charge is 0.339 e. The van der Waals surface area contributed by atoms with Gasteiger partial charge in [0.05, 0.1) is 22.9 Å². The molecule has 10 heteroatoms. The van der Waals surface area contributed by atoms with Crippen LogP contribution < -0.4 is 14.8 Å². The maximum absolute atomic E-state index is 13.0. The van der Waals surface area contributed by atoms with E-state index in [1.807, 2.05) is 0 Å². The summed E-state index contributed by atoms with van der Waals surface area (Å²) in [4.78, 5) is 30.0. The highest BCUT2D eigenvalue weighted by Gasteiger charge is 2.25. The zero-order valence-corrected chi connectivity index (χ0v) is 17.8. The Bertz CT molecular complexity index is 1340. The van der Waals surface area contributed by atoms with Crippen LogP contribution in [0.3, 0.4) is 0 Å². The van der Waals surface area contributed by atoms with Crippen LogP contribution in [0.25, 0.3) is 22.6 Å². The zero-order chi connectivity index (χ0) is 22.9. The Morgan fingerprint density at radius 2 is 1.94 bits per heavy atom. The Hall–Kier alpha value is -4.34. The van der Waals surface area contributed by atoms with Crippen LogP contribution in [0, 0.1) is 6.92 Å². The number of anilines is 1. The average Bonchev–Trinajstić information content (AvgIpc) is 3.49. The lowest BCUT2D eigenvalue weighted by molar-refractivity contribution is -0.123. The third kappa shape index (κ3) is 3.98. The monoisotopic (exact) mass is 449 g/mol. The van der Waals surface area contributed by atoms with Crippen molar-refractivity contribution in [1.29, 1.82) is 0 Å². The summed E-state index contributed by atoms with van der Waals surface area (Å²) in [6.07, 6.45) is 0.413. The molecule has 1 unspecified atom stereocenters. The first-order valence-corrected chi connectivity index (χ1v) is 10.2. The van der Waals surface area contributed by atoms with E-state index >= 15 is 0 Å². The van der Waals surface area contributed by atoms with Crippen LogP contribution in [0.15, 0.2) is 51.6 Å². The number of furan rings is 1. The van der Waals surface area contributed by atoms with E-state index in [0.29, 0.717) is 52.9 Å². The summed E-state index contributed by atoms with van der Waals surface area (Å²) in [5, 5.41) is 7.02. The molecule has 1 amide bonds. The van der Waals surface area contributed by atoms with Gasteiger partial charge in [-0.1, -0.05) is 5.16 Å². The summed E-state index contributed by atoms with van der Waals surface area (Å²) in [6, 6.07) is 9.98. The fourth-order valence-corrected chi connectivity index (χ4v) is 3.45. The molecule has 0 saturated carbocycles. The first-order chi connectivity index (χ1) is 16.0. The van der Waals surface area contributed by atoms with Crippen LogP contribution in [0.4, 0.5) is 5.69 Å². The summed E-state index contributed by atoms with van der Waals surface area (Å²) in [5.74, 6) is 0.377. The molecule has 0 fully saturated rings. The lowest BCUT2D eigenvalue weighted by Crippen LogP contribution is -2.30. The van der Waals surface area contributed by atoms with Gasteiger partial charge >= 0.3 is 5.97 Å². The molecule has 1 N–H and O–H groups in total. The van der Waals surface area contributed by atoms with E-state index in [1.54, 1.807) is 37.3 Å². The molecule has 0 spiro atoms. The molecule has 4 heterocycles. The third-order valence-electron chi connectivity index (χ3n) is 5.07. The molecule has 168 valence electrons. The van der Waals surface area contributed by atoms with Crippen molar-refractivity contribution in [1.82, 2.24) is 10.1 Å². The van der Waals surface area contributed by atoms with E-state index in [2.05, 4.69) is 15.5 Å². The fraction of sp³-hybridized carbons (Fsp3) is 0.217. The predicted molar refractivity (Wildman–Crippen MR) is 115 cm³/mol. The molecule has 3 aromatic heterocycles. The summed E-state index contributed by atoms with van der Waals surface area (Å²) in [7, 11) is 0. The number of nitrogens with zero attached hydrogens (tertiary/aromatic N) is 2. The van der Waals surface area contributed by atoms with Gasteiger partial charge in [0.1, 0.15) is 18.9 Å². The van der Waals surface area contributed by atoms with Gasteiger partial charge in [-0.15, -0.1) is 0 Å². The molecule has 0 radical (unpaired) electrons. The highest BCUT2D eigenvalue weighted by molar-refractivity contribution is 6.05. The average molecular weight is 449 g/mol. The minimum atomic E-state index is -1.08. The normalized spacial score (nSPS) is 13.5. The second kappa shape index (κ2) is 8.30. The van der Waals surface area contributed by atoms with Gasteiger partial charge in [0, 0.05) is 11.8 Å². The highest BCUT2D eigenvalue weighted by atomic mass is 16.6. The third-order valence-corrected chi connectivity index (χ3v) is 5.07. The largest absolute Gasteiger partial charge is 0.486 e. The summed E-state index contributed by atoms with van der Waals surface area (Å²) in [6.45, 7) is 4.08. The van der Waals surface area contributed by atoms with Crippen LogP contribution in [-0.2, 0) is 9.53 Å². The molecule has 33 heavy (non-hydrogen) atoms. The molecule has 10 nitrogen and oxygen atoms in total. The Balaban J connectivity index is 1.35. The number of amides is 1. The Morgan fingerprint density at radius 1 is 1.12 bits per heavy atom. The van der Waals surface area contributed by atoms with Gasteiger partial charge in [-0.3, -0.25) is 4.79 Å². The van der Waals surface area contributed by atoms with Crippen molar-refractivity contribution < 1.29 is 32.7 Å². The van der Waals surface area contributed by atoms with E-state index < -0.39 is 18.0 Å². The van der Waals surface area contributed by atoms with Gasteiger partial charge in [-0.25, -0.2) is 9.78 Å². The number of esters is 1. The number of fused-ring (bicyclic) bond motifs is 2. The summed E-state index contributed by atoms with van der Waals surface area (Å²) < 4.78 is 27.1. The molecule has 0 bridgehead atoms. The molecule has 1 aromatic carbocycles. The lowest BCUT2D eigenvalue weighted by Gasteiger charge is -2.19. The molecule has 5 rings (SSSR count). The van der Waals surface area contributed by atoms with Crippen LogP contribution in [0.1, 0.15) is 23.0 Å². The number of rotatable bonds is 5. The van der Waals surface area contributed by atoms with E-state index in [1.165, 1.54) is 19.3 Å². The predicted octanol–water partition coefficient (Wildman–Crippen LogP) is 3.75. The van der Waals surface area contributed by atoms with Crippen molar-refractivity contribution in [3.63, 3.8) is 0 Å². The lowest BCUT2D eigenvalue weighted by atomic mass is 10.1. The second-order valence-corrected chi connectivity index (χ2v) is 7.38. The van der Waals surface area contributed by atoms with Crippen molar-refractivity contribution >= 4 is 28.7 Å². The number of carbonyl (C=O) groups excluding carboxylic acids is 2. The maximum Gasteiger partial charge on any atom is 0.339 e. The van der Waals surface area contributed by atoms with E-state index in [-0.39, 0.29) is 11.3 Å². The van der Waals surface area contributed by atoms with Crippen molar-refractivity contribution in [2.75, 3.05) is 18.5 Å². The van der Waals surface area contributed by atoms with Gasteiger partial charge in [-0.05, 0) is 44.2 Å². The van der Waals surface area contributed by atoms with Crippen molar-refractivity contribution in [2.24, 2.45) is 0 Å². The first-order valence-electron chi connectivity index (χ1n) is 10.2. The van der Waals surface area contributed by atoms with Crippen molar-refractivity contribution in [2.45, 2.75) is 20.0 Å². The molecular weight excluding hydrogens is 430 g/mol. The van der Waals surface area contributed by atoms with Crippen LogP contribution in [0.5, 0.6) is 11.5 Å². The minimum absolute atomic E-state index is 0.168. The van der Waals surface area contributed by atoms with Crippen molar-refractivity contribution in [3.05, 3.63) is 53.9 Å². The Labute approximate surface area is 187 Å². The zero-order valence-electron chi connectivity index (χ0n) is 17.8. The number of aromatic nitrogens is 2. The number of aryl methyl sites for hydroxylation is 1. The molecular formula is C23H19N3O7. The highest BCUT2D eigenvalue weighted by Crippen LogP contribution is 2.33. The van der Waals surface area contributed by atoms with Gasteiger partial charge in [0.15, 0.2) is 23.4 Å². The number of carbonyl (C=O) groups is 2. The minimum Gasteiger partial charge on any atom is -0.486 e. The van der Waals surface area contributed by atoms with Gasteiger partial charge in [0.25, 0.3) is 11.6 Å². The number of nitrogens with one attached hydrogen (secondary N) is 1. The maximum atomic E-state index is 13.0. The number of ether oxygens (including phenoxy) is 3. The van der Waals surface area contributed by atoms with Crippen molar-refractivity contribution in [3.8, 4) is 23.0 Å². The van der Waals surface area contributed by atoms with Gasteiger partial charge in [-0.2, -0.15) is 0 Å². The topological polar surface area (TPSA) is 126 Å². The first kappa shape index (κ1) is 20.6. The molecule has 0 aliphatic carbocycles. The summed E-state index contributed by atoms with van der Waals surface area (Å²) >= 11 is 0. The van der Waals surface area contributed by atoms with Gasteiger partial charge < -0.3 is 28.5 Å². The van der Waals surface area contributed by atoms with Crippen LogP contribution in [-0.4, -0.2) is 41.3 Å². The molecule has 1 aliphatic heterocycles. The molecule has 1 atom stereocenters. The number of hydrogen-bond donors (Lipinski definition) is 1. The Morgan fingerprint density at radius 3 is 2.73 bits per heavy atom. The second-order valence-electron chi connectivity index (χ2n) is 7.38. The standard InChI is InChI=1S/C23H19N3O7/c1-12-20-15(11-16(17-4-3-7-29-17)25-22(20)33-26-12)23(28)32-13(2)21(27)24-14-5-6-18-19(10-14)31-9-8-30-18/h3-7,10-11,13H,8-9H2,1-2H3,(H,24,27). The SMILES string of the molecule is Cc1noc2nc(-c3ccco3)cc(C(=O)OC(C)C(=O)Nc3ccc4c(c3)OCCO4)c12. The van der Waals surface area contributed by atoms with Crippen LogP contribution >= 0.6 is 0 Å². The van der Waals surface area contributed by atoms with Gasteiger partial charge in [0.2, 0.25) is 0 Å². The number of hydrogen-bond acceptors (Lipinski definition) is 9. The van der Waals surface area contributed by atoms with Crippen LogP contribution in [0.2, 0.25) is 0 Å². The number of benzene rings is 1. The van der Waals surface area contributed by atoms with E-state index in [9.17, 15) is 9.59 Å². The fourth-order valence-electron chi connectivity index (χ4n) is 3.45. The Kier molecular flexibility index (Phi) is 5.17.